The average Bonchev–Trinajstić information content (AvgIpc) is 2.64. The summed E-state index contributed by atoms with van der Waals surface area (Å²) in [5.74, 6) is -1.40. The van der Waals surface area contributed by atoms with Gasteiger partial charge in [0.2, 0.25) is 16.0 Å². The van der Waals surface area contributed by atoms with Crippen LogP contribution >= 0.6 is 0 Å². The predicted molar refractivity (Wildman–Crippen MR) is 99.5 cm³/mol. The first kappa shape index (κ1) is 22.2. The Morgan fingerprint density at radius 2 is 2.19 bits per heavy atom. The van der Waals surface area contributed by atoms with Crippen molar-refractivity contribution in [3.63, 3.8) is 0 Å². The van der Waals surface area contributed by atoms with E-state index in [1.54, 1.807) is 6.92 Å². The Morgan fingerprint density at radius 1 is 1.48 bits per heavy atom. The molecule has 1 aromatic carbocycles. The number of nitriles is 1. The van der Waals surface area contributed by atoms with E-state index in [0.717, 1.165) is 10.4 Å². The highest BCUT2D eigenvalue weighted by molar-refractivity contribution is 7.88. The third-order valence-corrected chi connectivity index (χ3v) is 5.11. The fourth-order valence-corrected chi connectivity index (χ4v) is 2.99. The molecule has 0 bridgehead atoms. The fraction of sp³-hybridized carbons (Fsp3) is 0.412. The number of benzene rings is 1. The summed E-state index contributed by atoms with van der Waals surface area (Å²) in [7, 11) is -2.78. The number of hydrogen-bond acceptors (Lipinski definition) is 6. The van der Waals surface area contributed by atoms with E-state index in [2.05, 4.69) is 11.7 Å². The van der Waals surface area contributed by atoms with Gasteiger partial charge in [0.15, 0.2) is 0 Å². The fourth-order valence-electron chi connectivity index (χ4n) is 1.87. The van der Waals surface area contributed by atoms with Gasteiger partial charge >= 0.3 is 0 Å². The van der Waals surface area contributed by atoms with Crippen LogP contribution < -0.4 is 10.5 Å². The van der Waals surface area contributed by atoms with Gasteiger partial charge in [-0.1, -0.05) is 6.58 Å². The van der Waals surface area contributed by atoms with Crippen molar-refractivity contribution < 1.29 is 22.4 Å². The molecule has 1 aromatic rings. The molecule has 0 saturated carbocycles. The molecule has 0 amide bonds. The Kier molecular flexibility index (Phi) is 8.55. The van der Waals surface area contributed by atoms with Crippen LogP contribution in [0.5, 0.6) is 5.75 Å². The molecular formula is C17H23FN4O4S. The molecule has 10 heteroatoms. The van der Waals surface area contributed by atoms with Crippen molar-refractivity contribution in [2.45, 2.75) is 25.5 Å². The van der Waals surface area contributed by atoms with E-state index in [4.69, 9.17) is 20.6 Å². The number of hydrogen-bond donors (Lipinski definition) is 1. The van der Waals surface area contributed by atoms with Gasteiger partial charge in [0.1, 0.15) is 24.8 Å². The zero-order chi connectivity index (χ0) is 20.4. The molecule has 0 fully saturated rings. The van der Waals surface area contributed by atoms with E-state index in [9.17, 15) is 12.8 Å². The summed E-state index contributed by atoms with van der Waals surface area (Å²) in [5.41, 5.74) is 6.18. The molecule has 0 atom stereocenters. The lowest BCUT2D eigenvalue weighted by Crippen LogP contribution is -2.39. The molecule has 1 rings (SSSR count). The maximum Gasteiger partial charge on any atom is 0.246 e. The minimum Gasteiger partial charge on any atom is -0.489 e. The largest absolute Gasteiger partial charge is 0.489 e. The average molecular weight is 398 g/mol. The monoisotopic (exact) mass is 398 g/mol. The molecule has 27 heavy (non-hydrogen) atoms. The van der Waals surface area contributed by atoms with E-state index in [1.165, 1.54) is 19.2 Å². The zero-order valence-electron chi connectivity index (χ0n) is 15.3. The summed E-state index contributed by atoms with van der Waals surface area (Å²) < 4.78 is 45.1. The van der Waals surface area contributed by atoms with Gasteiger partial charge in [-0.15, -0.1) is 0 Å². The van der Waals surface area contributed by atoms with Gasteiger partial charge in [-0.05, 0) is 42.3 Å². The van der Waals surface area contributed by atoms with E-state index in [0.29, 0.717) is 24.2 Å². The number of halogens is 1. The van der Waals surface area contributed by atoms with Gasteiger partial charge in [-0.25, -0.2) is 17.1 Å². The molecule has 0 saturated heterocycles. The smallest absolute Gasteiger partial charge is 0.246 e. The van der Waals surface area contributed by atoms with Crippen LogP contribution in [0.2, 0.25) is 0 Å². The third-order valence-electron chi connectivity index (χ3n) is 3.42. The Hall–Kier alpha value is -2.80. The lowest BCUT2D eigenvalue weighted by atomic mass is 10.2. The number of nitrogens with two attached hydrogens (primary N) is 1. The molecule has 0 aliphatic rings. The quantitative estimate of drug-likeness (QED) is 0.279. The number of sulfonamides is 1. The van der Waals surface area contributed by atoms with Crippen LogP contribution in [0, 0.1) is 17.1 Å². The summed E-state index contributed by atoms with van der Waals surface area (Å²) in [5, 5.41) is 12.0. The molecule has 0 aromatic heterocycles. The SMILES string of the molecule is C=C(CCC#N)COc1ccc(F)c(CS(=O)(=O)N(C)C(N)=NOCC)c1. The predicted octanol–water partition coefficient (Wildman–Crippen LogP) is 2.09. The normalized spacial score (nSPS) is 11.6. The second-order valence-corrected chi connectivity index (χ2v) is 7.54. The first-order valence-electron chi connectivity index (χ1n) is 8.08. The van der Waals surface area contributed by atoms with E-state index >= 15 is 0 Å². The van der Waals surface area contributed by atoms with Crippen LogP contribution in [-0.2, 0) is 20.6 Å². The topological polar surface area (TPSA) is 118 Å². The molecule has 0 heterocycles. The third kappa shape index (κ3) is 7.15. The van der Waals surface area contributed by atoms with Gasteiger partial charge in [0.25, 0.3) is 0 Å². The zero-order valence-corrected chi connectivity index (χ0v) is 16.1. The van der Waals surface area contributed by atoms with Crippen LogP contribution in [0.4, 0.5) is 4.39 Å². The van der Waals surface area contributed by atoms with Crippen molar-refractivity contribution in [1.82, 2.24) is 4.31 Å². The van der Waals surface area contributed by atoms with E-state index in [-0.39, 0.29) is 24.7 Å². The first-order valence-corrected chi connectivity index (χ1v) is 9.69. The molecule has 0 aliphatic carbocycles. The summed E-state index contributed by atoms with van der Waals surface area (Å²) >= 11 is 0. The van der Waals surface area contributed by atoms with Crippen LogP contribution in [-0.4, -0.2) is 38.9 Å². The van der Waals surface area contributed by atoms with Gasteiger partial charge < -0.3 is 15.3 Å². The van der Waals surface area contributed by atoms with Crippen LogP contribution in [0.1, 0.15) is 25.3 Å². The highest BCUT2D eigenvalue weighted by Crippen LogP contribution is 2.21. The first-order chi connectivity index (χ1) is 12.7. The Bertz CT molecular complexity index is 834. The molecule has 0 radical (unpaired) electrons. The number of nitrogens with zero attached hydrogens (tertiary/aromatic N) is 3. The number of ether oxygens (including phenoxy) is 1. The molecule has 2 N–H and O–H groups in total. The highest BCUT2D eigenvalue weighted by atomic mass is 32.2. The van der Waals surface area contributed by atoms with E-state index < -0.39 is 21.6 Å². The van der Waals surface area contributed by atoms with Gasteiger partial charge in [0, 0.05) is 19.0 Å². The van der Waals surface area contributed by atoms with Gasteiger partial charge in [0.05, 0.1) is 11.8 Å². The molecule has 148 valence electrons. The molecule has 0 aliphatic heterocycles. The summed E-state index contributed by atoms with van der Waals surface area (Å²) in [6, 6.07) is 5.81. The van der Waals surface area contributed by atoms with Crippen molar-refractivity contribution in [2.24, 2.45) is 10.9 Å². The summed E-state index contributed by atoms with van der Waals surface area (Å²) in [4.78, 5) is 4.72. The maximum atomic E-state index is 14.1. The van der Waals surface area contributed by atoms with Crippen LogP contribution in [0.3, 0.4) is 0 Å². The minimum absolute atomic E-state index is 0.0776. The number of guanidine groups is 1. The summed E-state index contributed by atoms with van der Waals surface area (Å²) in [6.07, 6.45) is 0.814. The van der Waals surface area contributed by atoms with E-state index in [1.807, 2.05) is 6.07 Å². The lowest BCUT2D eigenvalue weighted by Gasteiger charge is -2.18. The van der Waals surface area contributed by atoms with Crippen molar-refractivity contribution >= 4 is 16.0 Å². The lowest BCUT2D eigenvalue weighted by molar-refractivity contribution is 0.155. The second-order valence-electron chi connectivity index (χ2n) is 5.54. The van der Waals surface area contributed by atoms with Gasteiger partial charge in [-0.3, -0.25) is 0 Å². The van der Waals surface area contributed by atoms with Gasteiger partial charge in [-0.2, -0.15) is 5.26 Å². The Balaban J connectivity index is 2.88. The molecule has 0 spiro atoms. The number of rotatable bonds is 10. The number of oxime groups is 1. The van der Waals surface area contributed by atoms with Crippen molar-refractivity contribution in [1.29, 1.82) is 5.26 Å². The molecule has 0 unspecified atom stereocenters. The Morgan fingerprint density at radius 3 is 2.81 bits per heavy atom. The van der Waals surface area contributed by atoms with Crippen LogP contribution in [0.25, 0.3) is 0 Å². The maximum absolute atomic E-state index is 14.1. The van der Waals surface area contributed by atoms with Crippen molar-refractivity contribution in [2.75, 3.05) is 20.3 Å². The second kappa shape index (κ2) is 10.4. The molecule has 8 nitrogen and oxygen atoms in total. The standard InChI is InChI=1S/C17H23FN4O4S/c1-4-26-21-17(20)22(3)27(23,24)12-14-10-15(7-8-16(14)18)25-11-13(2)6-5-9-19/h7-8,10H,2,4-6,11-12H2,1,3H3,(H2,20,21). The van der Waals surface area contributed by atoms with Crippen molar-refractivity contribution in [3.8, 4) is 11.8 Å². The van der Waals surface area contributed by atoms with Crippen LogP contribution in [0.15, 0.2) is 35.5 Å². The minimum atomic E-state index is -3.98. The Labute approximate surface area is 158 Å². The molecular weight excluding hydrogens is 375 g/mol. The van der Waals surface area contributed by atoms with Crippen molar-refractivity contribution in [3.05, 3.63) is 41.7 Å². The highest BCUT2D eigenvalue weighted by Gasteiger charge is 2.23. The summed E-state index contributed by atoms with van der Waals surface area (Å²) in [6.45, 7) is 5.82.